The second-order valence-electron chi connectivity index (χ2n) is 2.96. The van der Waals surface area contributed by atoms with Crippen LogP contribution in [0.5, 0.6) is 0 Å². The number of hydrogen-bond acceptors (Lipinski definition) is 4. The summed E-state index contributed by atoms with van der Waals surface area (Å²) in [7, 11) is 3.50. The van der Waals surface area contributed by atoms with Crippen molar-refractivity contribution in [1.82, 2.24) is 4.90 Å². The molecular weight excluding hydrogens is 180 g/mol. The highest BCUT2D eigenvalue weighted by atomic mass is 16.3. The van der Waals surface area contributed by atoms with Crippen molar-refractivity contribution in [3.05, 3.63) is 35.9 Å². The van der Waals surface area contributed by atoms with Crippen molar-refractivity contribution in [2.24, 2.45) is 0 Å². The van der Waals surface area contributed by atoms with Crippen LogP contribution in [0.15, 0.2) is 34.8 Å². The minimum absolute atomic E-state index is 0.0939. The molecule has 0 saturated carbocycles. The minimum atomic E-state index is -0.324. The van der Waals surface area contributed by atoms with Gasteiger partial charge in [0, 0.05) is 20.3 Å². The molecule has 0 radical (unpaired) electrons. The standard InChI is InChI=1S/C10H10N2O2/c1-12(2)6-9(5-11)10(13)8-3-4-14-7-8/h3-4,6-7H,1-2H3/b9-6+. The third kappa shape index (κ3) is 2.23. The molecule has 72 valence electrons. The number of furan rings is 1. The lowest BCUT2D eigenvalue weighted by atomic mass is 10.1. The minimum Gasteiger partial charge on any atom is -0.472 e. The van der Waals surface area contributed by atoms with Crippen LogP contribution in [0.1, 0.15) is 10.4 Å². The van der Waals surface area contributed by atoms with Gasteiger partial charge in [-0.2, -0.15) is 5.26 Å². The van der Waals surface area contributed by atoms with E-state index in [0.29, 0.717) is 5.56 Å². The number of nitrogens with zero attached hydrogens (tertiary/aromatic N) is 2. The van der Waals surface area contributed by atoms with E-state index in [1.807, 2.05) is 6.07 Å². The van der Waals surface area contributed by atoms with Gasteiger partial charge in [0.25, 0.3) is 0 Å². The molecule has 1 aromatic rings. The molecule has 4 heteroatoms. The van der Waals surface area contributed by atoms with Gasteiger partial charge in [-0.3, -0.25) is 4.79 Å². The molecule has 0 aliphatic heterocycles. The normalized spacial score (nSPS) is 10.8. The topological polar surface area (TPSA) is 57.2 Å². The predicted molar refractivity (Wildman–Crippen MR) is 50.4 cm³/mol. The molecule has 0 aromatic carbocycles. The summed E-state index contributed by atoms with van der Waals surface area (Å²) >= 11 is 0. The molecular formula is C10H10N2O2. The van der Waals surface area contributed by atoms with E-state index in [-0.39, 0.29) is 11.4 Å². The summed E-state index contributed by atoms with van der Waals surface area (Å²) in [5, 5.41) is 8.75. The van der Waals surface area contributed by atoms with Crippen LogP contribution in [0, 0.1) is 11.3 Å². The van der Waals surface area contributed by atoms with Crippen LogP contribution in [0.4, 0.5) is 0 Å². The molecule has 1 aromatic heterocycles. The number of carbonyl (C=O) groups excluding carboxylic acids is 1. The number of rotatable bonds is 3. The number of allylic oxidation sites excluding steroid dienone is 1. The van der Waals surface area contributed by atoms with E-state index in [9.17, 15) is 4.79 Å². The first-order chi connectivity index (χ1) is 6.65. The lowest BCUT2D eigenvalue weighted by Gasteiger charge is -2.04. The first-order valence-electron chi connectivity index (χ1n) is 4.00. The van der Waals surface area contributed by atoms with Crippen molar-refractivity contribution < 1.29 is 9.21 Å². The first-order valence-corrected chi connectivity index (χ1v) is 4.00. The molecule has 0 aliphatic rings. The Morgan fingerprint density at radius 3 is 2.79 bits per heavy atom. The third-order valence-electron chi connectivity index (χ3n) is 1.54. The maximum Gasteiger partial charge on any atom is 0.208 e. The van der Waals surface area contributed by atoms with Crippen LogP contribution in [0.3, 0.4) is 0 Å². The average Bonchev–Trinajstić information content (AvgIpc) is 2.65. The van der Waals surface area contributed by atoms with Gasteiger partial charge in [-0.15, -0.1) is 0 Å². The molecule has 0 fully saturated rings. The number of ketones is 1. The molecule has 0 N–H and O–H groups in total. The van der Waals surface area contributed by atoms with Gasteiger partial charge < -0.3 is 9.32 Å². The van der Waals surface area contributed by atoms with Gasteiger partial charge >= 0.3 is 0 Å². The van der Waals surface area contributed by atoms with E-state index in [1.165, 1.54) is 24.8 Å². The summed E-state index contributed by atoms with van der Waals surface area (Å²) in [6.07, 6.45) is 4.20. The number of carbonyl (C=O) groups is 1. The van der Waals surface area contributed by atoms with Crippen LogP contribution in [0.25, 0.3) is 0 Å². The Morgan fingerprint density at radius 1 is 1.64 bits per heavy atom. The summed E-state index contributed by atoms with van der Waals surface area (Å²) in [4.78, 5) is 13.2. The van der Waals surface area contributed by atoms with E-state index in [1.54, 1.807) is 19.0 Å². The number of Topliss-reactive ketones (excluding diaryl/α,β-unsaturated/α-hetero) is 1. The molecule has 0 aliphatic carbocycles. The molecule has 14 heavy (non-hydrogen) atoms. The van der Waals surface area contributed by atoms with E-state index in [4.69, 9.17) is 9.68 Å². The van der Waals surface area contributed by atoms with E-state index < -0.39 is 0 Å². The maximum atomic E-state index is 11.6. The van der Waals surface area contributed by atoms with Gasteiger partial charge in [-0.05, 0) is 6.07 Å². The fourth-order valence-corrected chi connectivity index (χ4v) is 0.946. The zero-order chi connectivity index (χ0) is 10.6. The monoisotopic (exact) mass is 190 g/mol. The molecule has 0 spiro atoms. The Bertz CT molecular complexity index is 383. The summed E-state index contributed by atoms with van der Waals surface area (Å²) < 4.78 is 4.76. The Labute approximate surface area is 82.0 Å². The first kappa shape index (κ1) is 10.1. The van der Waals surface area contributed by atoms with Gasteiger partial charge in [-0.1, -0.05) is 0 Å². The van der Waals surface area contributed by atoms with Crippen molar-refractivity contribution in [3.8, 4) is 6.07 Å². The molecule has 4 nitrogen and oxygen atoms in total. The molecule has 1 heterocycles. The quantitative estimate of drug-likeness (QED) is 0.411. The van der Waals surface area contributed by atoms with E-state index >= 15 is 0 Å². The van der Waals surface area contributed by atoms with E-state index in [0.717, 1.165) is 0 Å². The zero-order valence-corrected chi connectivity index (χ0v) is 8.02. The smallest absolute Gasteiger partial charge is 0.208 e. The number of hydrogen-bond donors (Lipinski definition) is 0. The van der Waals surface area contributed by atoms with Gasteiger partial charge in [0.1, 0.15) is 17.9 Å². The lowest BCUT2D eigenvalue weighted by molar-refractivity contribution is 0.103. The molecule has 0 bridgehead atoms. The Hall–Kier alpha value is -2.02. The fourth-order valence-electron chi connectivity index (χ4n) is 0.946. The third-order valence-corrected chi connectivity index (χ3v) is 1.54. The van der Waals surface area contributed by atoms with Crippen molar-refractivity contribution in [1.29, 1.82) is 5.26 Å². The van der Waals surface area contributed by atoms with Crippen LogP contribution >= 0.6 is 0 Å². The largest absolute Gasteiger partial charge is 0.472 e. The van der Waals surface area contributed by atoms with Crippen LogP contribution in [-0.4, -0.2) is 24.8 Å². The SMILES string of the molecule is CN(C)/C=C(\C#N)C(=O)c1ccoc1. The molecule has 0 atom stereocenters. The second kappa shape index (κ2) is 4.28. The molecule has 0 amide bonds. The summed E-state index contributed by atoms with van der Waals surface area (Å²) in [6.45, 7) is 0. The van der Waals surface area contributed by atoms with E-state index in [2.05, 4.69) is 0 Å². The van der Waals surface area contributed by atoms with Crippen LogP contribution < -0.4 is 0 Å². The second-order valence-corrected chi connectivity index (χ2v) is 2.96. The van der Waals surface area contributed by atoms with Crippen molar-refractivity contribution in [3.63, 3.8) is 0 Å². The molecule has 0 saturated heterocycles. The average molecular weight is 190 g/mol. The highest BCUT2D eigenvalue weighted by Gasteiger charge is 2.12. The highest BCUT2D eigenvalue weighted by Crippen LogP contribution is 2.08. The summed E-state index contributed by atoms with van der Waals surface area (Å²) in [6, 6.07) is 3.38. The Morgan fingerprint density at radius 2 is 2.36 bits per heavy atom. The lowest BCUT2D eigenvalue weighted by Crippen LogP contribution is -2.08. The predicted octanol–water partition coefficient (Wildman–Crippen LogP) is 1.43. The van der Waals surface area contributed by atoms with Gasteiger partial charge in [0.2, 0.25) is 5.78 Å². The van der Waals surface area contributed by atoms with Crippen molar-refractivity contribution >= 4 is 5.78 Å². The van der Waals surface area contributed by atoms with Gasteiger partial charge in [0.15, 0.2) is 0 Å². The highest BCUT2D eigenvalue weighted by molar-refractivity contribution is 6.10. The zero-order valence-electron chi connectivity index (χ0n) is 8.02. The number of nitriles is 1. The molecule has 0 unspecified atom stereocenters. The van der Waals surface area contributed by atoms with Crippen LogP contribution in [-0.2, 0) is 0 Å². The van der Waals surface area contributed by atoms with Crippen LogP contribution in [0.2, 0.25) is 0 Å². The summed E-state index contributed by atoms with van der Waals surface area (Å²) in [5.74, 6) is -0.324. The van der Waals surface area contributed by atoms with Gasteiger partial charge in [0.05, 0.1) is 11.8 Å². The molecule has 1 rings (SSSR count). The van der Waals surface area contributed by atoms with Gasteiger partial charge in [-0.25, -0.2) is 0 Å². The Balaban J connectivity index is 2.94. The fraction of sp³-hybridized carbons (Fsp3) is 0.200. The summed E-state index contributed by atoms with van der Waals surface area (Å²) in [5.41, 5.74) is 0.482. The van der Waals surface area contributed by atoms with Crippen molar-refractivity contribution in [2.45, 2.75) is 0 Å². The van der Waals surface area contributed by atoms with Crippen molar-refractivity contribution in [2.75, 3.05) is 14.1 Å². The maximum absolute atomic E-state index is 11.6. The Kier molecular flexibility index (Phi) is 3.08.